The van der Waals surface area contributed by atoms with E-state index in [1.54, 1.807) is 0 Å². The Morgan fingerprint density at radius 1 is 0.500 bits per heavy atom. The maximum Gasteiger partial charge on any atom is 0.333 e. The highest BCUT2D eigenvalue weighted by molar-refractivity contribution is 6.94. The first-order valence-electron chi connectivity index (χ1n) is 25.7. The van der Waals surface area contributed by atoms with Crippen LogP contribution < -0.4 is 15.7 Å². The quantitative estimate of drug-likeness (QED) is 0.162. The molecule has 0 saturated heterocycles. The molecule has 0 fully saturated rings. The second-order valence-corrected chi connectivity index (χ2v) is 23.5. The summed E-state index contributed by atoms with van der Waals surface area (Å²) in [6.45, 7) is 16.3. The summed E-state index contributed by atoms with van der Waals surface area (Å²) in [5.41, 5.74) is 22.3. The van der Waals surface area contributed by atoms with Crippen LogP contribution in [-0.4, -0.2) is 11.4 Å². The molecule has 2 aliphatic heterocycles. The van der Waals surface area contributed by atoms with Crippen molar-refractivity contribution in [2.45, 2.75) is 77.6 Å². The Labute approximate surface area is 417 Å². The van der Waals surface area contributed by atoms with Crippen molar-refractivity contribution in [2.24, 2.45) is 0 Å². The van der Waals surface area contributed by atoms with Gasteiger partial charge in [0.1, 0.15) is 33.5 Å². The standard InChI is InChI=1S/C66H51BN2O3/c1-64(2,3)38-23-26-50-45(29-38)58-59-41-18-12-14-20-54(41)72-63(59)60-46-30-42-43-31-47-48(66(6,7)28-27-65(47,4)5)33-55(43)71-57(42)35-51(46)69(39-24-21-37(22-25-39)36-15-9-8-10-16-36)67-49-34-56-44(40-17-11-13-19-53(40)70-56)32-52(49)68(50)62(58)61(60)67/h8-26,29-35H,27-28H2,1-7H3. The first kappa shape index (κ1) is 40.7. The molecule has 0 N–H and O–H groups in total. The number of hydrogen-bond donors (Lipinski definition) is 0. The van der Waals surface area contributed by atoms with E-state index >= 15 is 0 Å². The van der Waals surface area contributed by atoms with Crippen LogP contribution in [0.1, 0.15) is 78.0 Å². The van der Waals surface area contributed by atoms with Crippen LogP contribution in [-0.2, 0) is 16.2 Å². The molecule has 0 spiro atoms. The van der Waals surface area contributed by atoms with Crippen LogP contribution in [0.4, 0.5) is 11.4 Å². The lowest BCUT2D eigenvalue weighted by molar-refractivity contribution is 0.332. The highest BCUT2D eigenvalue weighted by atomic mass is 16.3. The fraction of sp³-hybridized carbons (Fsp3) is 0.182. The number of furan rings is 3. The van der Waals surface area contributed by atoms with Crippen LogP contribution in [0.2, 0.25) is 0 Å². The van der Waals surface area contributed by atoms with Crippen molar-refractivity contribution in [1.82, 2.24) is 4.57 Å². The summed E-state index contributed by atoms with van der Waals surface area (Å²) in [7, 11) is 0. The van der Waals surface area contributed by atoms with Crippen molar-refractivity contribution in [3.8, 4) is 27.9 Å². The SMILES string of the molecule is CC(C)(C)c1ccc2c(c1)c1c3c(oc4ccccc43)c3c4c1n2-c1cc2c(cc1B4N(c1ccc(-c4ccccc4)cc1)c1cc4oc5cc6c(cc5c4cc1-3)C(C)(C)CCC6(C)C)oc1ccccc12. The molecule has 0 amide bonds. The van der Waals surface area contributed by atoms with Gasteiger partial charge < -0.3 is 22.6 Å². The zero-order chi connectivity index (χ0) is 48.3. The molecule has 5 nitrogen and oxygen atoms in total. The molecule has 346 valence electrons. The molecule has 6 heteroatoms. The number of hydrogen-bond acceptors (Lipinski definition) is 4. The molecule has 0 saturated carbocycles. The lowest BCUT2D eigenvalue weighted by Gasteiger charge is -2.42. The molecule has 6 heterocycles. The summed E-state index contributed by atoms with van der Waals surface area (Å²) in [6.07, 6.45) is 2.28. The molecule has 0 unspecified atom stereocenters. The lowest BCUT2D eigenvalue weighted by atomic mass is 9.43. The first-order valence-corrected chi connectivity index (χ1v) is 25.7. The van der Waals surface area contributed by atoms with E-state index in [4.69, 9.17) is 13.3 Å². The van der Waals surface area contributed by atoms with E-state index in [-0.39, 0.29) is 23.1 Å². The average molecular weight is 931 g/mol. The maximum absolute atomic E-state index is 7.38. The Morgan fingerprint density at radius 2 is 1.12 bits per heavy atom. The number of aromatic nitrogens is 1. The normalized spacial score (nSPS) is 15.8. The summed E-state index contributed by atoms with van der Waals surface area (Å²) >= 11 is 0. The van der Waals surface area contributed by atoms with E-state index in [0.29, 0.717) is 0 Å². The summed E-state index contributed by atoms with van der Waals surface area (Å²) < 4.78 is 24.0. The van der Waals surface area contributed by atoms with E-state index < -0.39 is 0 Å². The smallest absolute Gasteiger partial charge is 0.333 e. The second-order valence-electron chi connectivity index (χ2n) is 23.5. The minimum absolute atomic E-state index is 0.0430. The number of anilines is 2. The van der Waals surface area contributed by atoms with Crippen LogP contribution in [0, 0.1) is 0 Å². The second kappa shape index (κ2) is 13.5. The third-order valence-corrected chi connectivity index (χ3v) is 17.4. The summed E-state index contributed by atoms with van der Waals surface area (Å²) in [5, 5.41) is 9.26. The third kappa shape index (κ3) is 5.24. The van der Waals surface area contributed by atoms with Gasteiger partial charge in [-0.2, -0.15) is 0 Å². The number of para-hydroxylation sites is 2. The highest BCUT2D eigenvalue weighted by Gasteiger charge is 2.47. The number of fused-ring (bicyclic) bond motifs is 20. The maximum atomic E-state index is 7.38. The van der Waals surface area contributed by atoms with Gasteiger partial charge in [-0.25, -0.2) is 0 Å². The minimum atomic E-state index is -0.280. The van der Waals surface area contributed by atoms with E-state index in [1.165, 1.54) is 60.5 Å². The van der Waals surface area contributed by atoms with E-state index in [1.807, 2.05) is 0 Å². The molecular formula is C66H51BN2O3. The van der Waals surface area contributed by atoms with Gasteiger partial charge in [-0.3, -0.25) is 0 Å². The van der Waals surface area contributed by atoms with Gasteiger partial charge in [-0.1, -0.05) is 133 Å². The van der Waals surface area contributed by atoms with Crippen LogP contribution in [0.3, 0.4) is 0 Å². The predicted octanol–water partition coefficient (Wildman–Crippen LogP) is 17.0. The van der Waals surface area contributed by atoms with E-state index in [2.05, 4.69) is 216 Å². The molecule has 1 aliphatic carbocycles. The van der Waals surface area contributed by atoms with E-state index in [9.17, 15) is 0 Å². The molecule has 0 radical (unpaired) electrons. The van der Waals surface area contributed by atoms with Gasteiger partial charge in [0.2, 0.25) is 0 Å². The molecule has 16 rings (SSSR count). The summed E-state index contributed by atoms with van der Waals surface area (Å²) in [5.74, 6) is 0. The number of rotatable bonds is 2. The largest absolute Gasteiger partial charge is 0.456 e. The highest BCUT2D eigenvalue weighted by Crippen LogP contribution is 2.54. The number of benzene rings is 9. The van der Waals surface area contributed by atoms with Gasteiger partial charge in [0.15, 0.2) is 0 Å². The fourth-order valence-corrected chi connectivity index (χ4v) is 13.5. The van der Waals surface area contributed by atoms with Crippen molar-refractivity contribution >= 4 is 117 Å². The first-order chi connectivity index (χ1) is 34.8. The summed E-state index contributed by atoms with van der Waals surface area (Å²) in [4.78, 5) is 2.60. The van der Waals surface area contributed by atoms with Crippen molar-refractivity contribution < 1.29 is 13.3 Å². The van der Waals surface area contributed by atoms with Crippen molar-refractivity contribution in [1.29, 1.82) is 0 Å². The third-order valence-electron chi connectivity index (χ3n) is 17.4. The van der Waals surface area contributed by atoms with Gasteiger partial charge in [-0.15, -0.1) is 0 Å². The molecule has 4 aromatic heterocycles. The van der Waals surface area contributed by atoms with Gasteiger partial charge in [0.25, 0.3) is 0 Å². The number of nitrogens with zero attached hydrogens (tertiary/aromatic N) is 2. The van der Waals surface area contributed by atoms with Crippen molar-refractivity contribution in [3.63, 3.8) is 0 Å². The van der Waals surface area contributed by atoms with E-state index in [0.717, 1.165) is 107 Å². The zero-order valence-corrected chi connectivity index (χ0v) is 41.6. The minimum Gasteiger partial charge on any atom is -0.456 e. The molecule has 0 bridgehead atoms. The van der Waals surface area contributed by atoms with Crippen LogP contribution in [0.15, 0.2) is 171 Å². The molecule has 72 heavy (non-hydrogen) atoms. The molecule has 13 aromatic rings. The Bertz CT molecular complexity index is 4550. The fourth-order valence-electron chi connectivity index (χ4n) is 13.5. The summed E-state index contributed by atoms with van der Waals surface area (Å²) in [6, 6.07) is 58.6. The topological polar surface area (TPSA) is 47.6 Å². The van der Waals surface area contributed by atoms with Gasteiger partial charge >= 0.3 is 6.85 Å². The van der Waals surface area contributed by atoms with Crippen molar-refractivity contribution in [3.05, 3.63) is 174 Å². The van der Waals surface area contributed by atoms with Gasteiger partial charge in [0, 0.05) is 77.3 Å². The molecular weight excluding hydrogens is 880 g/mol. The zero-order valence-electron chi connectivity index (χ0n) is 41.6. The Hall–Kier alpha value is -7.96. The molecule has 3 aliphatic rings. The van der Waals surface area contributed by atoms with Gasteiger partial charge in [-0.05, 0) is 135 Å². The van der Waals surface area contributed by atoms with Crippen LogP contribution >= 0.6 is 0 Å². The Balaban J connectivity index is 1.11. The monoisotopic (exact) mass is 930 g/mol. The van der Waals surface area contributed by atoms with Crippen molar-refractivity contribution in [2.75, 3.05) is 4.81 Å². The van der Waals surface area contributed by atoms with Crippen LogP contribution in [0.5, 0.6) is 0 Å². The Morgan fingerprint density at radius 3 is 1.89 bits per heavy atom. The Kier molecular flexibility index (Phi) is 7.64. The van der Waals surface area contributed by atoms with Gasteiger partial charge in [0.05, 0.1) is 11.0 Å². The molecule has 0 atom stereocenters. The molecule has 9 aromatic carbocycles. The lowest BCUT2D eigenvalue weighted by Crippen LogP contribution is -2.60. The predicted molar refractivity (Wildman–Crippen MR) is 301 cm³/mol. The van der Waals surface area contributed by atoms with Crippen LogP contribution in [0.25, 0.3) is 116 Å². The average Bonchev–Trinajstić information content (AvgIpc) is 4.14.